The Morgan fingerprint density at radius 3 is 1.50 bits per heavy atom. The van der Waals surface area contributed by atoms with Crippen LogP contribution in [0.1, 0.15) is 134 Å². The third-order valence-electron chi connectivity index (χ3n) is 16.5. The van der Waals surface area contributed by atoms with Gasteiger partial charge in [0.25, 0.3) is 0 Å². The molecule has 3 aromatic carbocycles. The zero-order valence-electron chi connectivity index (χ0n) is 64.6. The zero-order chi connectivity index (χ0) is 76.9. The molecule has 2 fully saturated rings. The molecular formula is C80H113B2Br3N16NaO9. The van der Waals surface area contributed by atoms with Crippen molar-refractivity contribution in [2.45, 2.75) is 153 Å². The van der Waals surface area contributed by atoms with Gasteiger partial charge in [0.1, 0.15) is 11.5 Å². The van der Waals surface area contributed by atoms with Gasteiger partial charge in [-0.3, -0.25) is 40.4 Å². The zero-order valence-corrected chi connectivity index (χ0v) is 70.4. The fourth-order valence-corrected chi connectivity index (χ4v) is 11.4. The molecule has 11 heterocycles. The Morgan fingerprint density at radius 2 is 1.07 bits per heavy atom. The van der Waals surface area contributed by atoms with Gasteiger partial charge in [-0.1, -0.05) is 129 Å². The van der Waals surface area contributed by atoms with Crippen LogP contribution in [0.15, 0.2) is 188 Å². The molecule has 14 rings (SSSR count). The number of aromatic hydroxyl groups is 3. The molecule has 3 unspecified atom stereocenters. The second kappa shape index (κ2) is 55.5. The predicted octanol–water partition coefficient (Wildman–Crippen LogP) is 6.98. The van der Waals surface area contributed by atoms with Crippen LogP contribution in [0, 0.1) is 45.9 Å². The summed E-state index contributed by atoms with van der Waals surface area (Å²) >= 11 is 6.50. The number of H-pyrrole nitrogens is 5. The summed E-state index contributed by atoms with van der Waals surface area (Å²) in [5.41, 5.74) is 16.5. The number of aliphatic hydroxyl groups excluding tert-OH is 4. The van der Waals surface area contributed by atoms with Gasteiger partial charge in [-0.2, -0.15) is 35.3 Å². The van der Waals surface area contributed by atoms with E-state index in [-0.39, 0.29) is 127 Å². The molecule has 2 saturated heterocycles. The average Bonchev–Trinajstić information content (AvgIpc) is 1.62. The summed E-state index contributed by atoms with van der Waals surface area (Å²) in [6.07, 6.45) is 20.9. The molecule has 8 aromatic heterocycles. The standard InChI is InChI=1S/C16H19N3O.C16H15N3O.C10H17BN2O2.C9H15N3O.C9H9N3O.C7H7Br.C5H4BrNO.C2H3N.C2H6O.CH4O.3CH4.B.BrH.Na.H/c2*1-12-16(8-17-18-12)14-7-15(20)11-19(10-14)9-13-5-3-2-4-6-13;1-7-8(6-12-13-7)11-14-9(2,3)10(4,5)15-11;2*1-6-9(5-11-12-6)7-2-8(13)4-10-3-7;8-6-7-4-2-1-3-5-7;6-4-1-5(8)3-7-2-4;2*1-2-3;1-2;;;;;;;/h2-8,15,20H,9-11H2,1H3,(H,17,18);2-8,10-11H,9H2,1H3,(H-,17,18,20);6H,1-5H3,(H,12,13);5,7-8,10,13H,2-4H2,1H3,(H,11,12);2-5,13H,1H3,(H,11,12);1-5H,6H2;1-3,8H;1H3;3H,2H2,1H3;2H,1H3;3*1H4;;1H;;/q;;;;;;;;;;;;;;;+1;-1. The molecule has 0 amide bonds. The van der Waals surface area contributed by atoms with E-state index < -0.39 is 6.10 Å². The number of aliphatic hydroxyl groups is 4. The van der Waals surface area contributed by atoms with Gasteiger partial charge < -0.3 is 68.8 Å². The molecule has 3 radical (unpaired) electrons. The minimum Gasteiger partial charge on any atom is -1.00 e. The fraction of sp³-hybridized carbons (Fsp3) is 0.362. The first-order chi connectivity index (χ1) is 50.4. The van der Waals surface area contributed by atoms with E-state index >= 15 is 0 Å². The number of piperidine rings is 1. The van der Waals surface area contributed by atoms with E-state index in [0.29, 0.717) is 19.0 Å². The molecule has 0 saturated carbocycles. The quantitative estimate of drug-likeness (QED) is 0.0373. The molecule has 3 atom stereocenters. The summed E-state index contributed by atoms with van der Waals surface area (Å²) in [7, 11) is 0.689. The van der Waals surface area contributed by atoms with E-state index in [1.807, 2.05) is 146 Å². The number of aromatic nitrogens is 13. The second-order valence-electron chi connectivity index (χ2n) is 25.3. The normalized spacial score (nSPS) is 14.9. The summed E-state index contributed by atoms with van der Waals surface area (Å²) in [6.45, 7) is 26.2. The van der Waals surface area contributed by atoms with Crippen molar-refractivity contribution in [3.8, 4) is 45.6 Å². The van der Waals surface area contributed by atoms with Gasteiger partial charge in [0.2, 0.25) is 6.20 Å². The largest absolute Gasteiger partial charge is 1.00 e. The smallest absolute Gasteiger partial charge is 1.00 e. The fourth-order valence-electron chi connectivity index (χ4n) is 10.7. The van der Waals surface area contributed by atoms with Crippen molar-refractivity contribution < 1.29 is 97.6 Å². The number of nitrogens with zero attached hydrogens (tertiary/aromatic N) is 10. The molecular weight excluding hydrogens is 1610 g/mol. The van der Waals surface area contributed by atoms with Crippen molar-refractivity contribution >= 4 is 58.4 Å². The third kappa shape index (κ3) is 35.7. The Bertz CT molecular complexity index is 4320. The molecule has 3 aliphatic rings. The summed E-state index contributed by atoms with van der Waals surface area (Å²) < 4.78 is 14.6. The van der Waals surface area contributed by atoms with E-state index in [9.17, 15) is 20.4 Å². The number of aromatic amines is 5. The molecule has 31 heteroatoms. The topological polar surface area (TPSA) is 372 Å². The summed E-state index contributed by atoms with van der Waals surface area (Å²) in [4.78, 5) is 9.84. The summed E-state index contributed by atoms with van der Waals surface area (Å²) in [5, 5.41) is 108. The molecule has 111 heavy (non-hydrogen) atoms. The van der Waals surface area contributed by atoms with Gasteiger partial charge in [-0.25, -0.2) is 0 Å². The monoisotopic (exact) mass is 1720 g/mol. The van der Waals surface area contributed by atoms with Crippen molar-refractivity contribution in [2.75, 3.05) is 39.9 Å². The van der Waals surface area contributed by atoms with Crippen LogP contribution < -0.4 is 61.9 Å². The Morgan fingerprint density at radius 1 is 0.622 bits per heavy atom. The molecule has 0 bridgehead atoms. The maximum absolute atomic E-state index is 10.1. The van der Waals surface area contributed by atoms with E-state index in [1.54, 1.807) is 68.4 Å². The first-order valence-electron chi connectivity index (χ1n) is 33.9. The van der Waals surface area contributed by atoms with Gasteiger partial charge in [-0.15, -0.1) is 0 Å². The molecule has 13 N–H and O–H groups in total. The number of hydrogen-bond donors (Lipinski definition) is 13. The molecule has 595 valence electrons. The number of β-amino-alcohol motifs (C(OH)–C–C–N with tert-alkyl or cyclic N) is 2. The Hall–Kier alpha value is -7.96. The number of alkyl halides is 1. The third-order valence-corrected chi connectivity index (χ3v) is 17.6. The Kier molecular flexibility index (Phi) is 52.5. The average molecular weight is 1730 g/mol. The molecule has 11 aromatic rings. The van der Waals surface area contributed by atoms with Crippen LogP contribution in [0.4, 0.5) is 0 Å². The first-order valence-corrected chi connectivity index (χ1v) is 35.9. The maximum Gasteiger partial charge on any atom is 1.00 e. The van der Waals surface area contributed by atoms with Crippen LogP contribution in [0.3, 0.4) is 0 Å². The summed E-state index contributed by atoms with van der Waals surface area (Å²) in [6, 6.07) is 37.5. The number of pyridine rings is 3. The molecule has 0 spiro atoms. The number of nitrogens with one attached hydrogen (secondary N) is 6. The predicted molar refractivity (Wildman–Crippen MR) is 444 cm³/mol. The number of nitriles is 1. The van der Waals surface area contributed by atoms with Crippen LogP contribution in [0.5, 0.6) is 17.2 Å². The van der Waals surface area contributed by atoms with E-state index in [4.69, 9.17) is 29.9 Å². The Balaban J connectivity index is -0.00000123. The SMILES string of the molecule is BrCc1ccccc1.C.C.C.CC#N.CCO.CO.Cc1[nH]ncc1-c1cc(O)c[n+](Cc2ccccc2)c1.Cc1[nH]ncc1-c1cncc(O)c1.Cc1[nH]ncc1B1OC(C)(C)C(C)(C)O1.Cc1[nH]ncc1C1=CC(O)CN(Cc2ccccc2)C1.Cc1[nH]ncc1C1CNCC(O)C1.Oc1cncc(Br)c1.[B].[Br-].[H-].[Na+]. The minimum atomic E-state index is -0.420. The first kappa shape index (κ1) is 105. The van der Waals surface area contributed by atoms with Crippen LogP contribution in [-0.4, -0.2) is 180 Å². The van der Waals surface area contributed by atoms with E-state index in [1.165, 1.54) is 41.6 Å². The molecule has 3 aliphatic heterocycles. The number of rotatable bonds is 10. The second-order valence-corrected chi connectivity index (χ2v) is 26.7. The van der Waals surface area contributed by atoms with Crippen LogP contribution in [-0.2, 0) is 27.7 Å². The van der Waals surface area contributed by atoms with Gasteiger partial charge in [0.05, 0.1) is 72.2 Å². The van der Waals surface area contributed by atoms with Gasteiger partial charge in [0.15, 0.2) is 18.5 Å². The minimum absolute atomic E-state index is 0. The van der Waals surface area contributed by atoms with Crippen LogP contribution >= 0.6 is 31.9 Å². The van der Waals surface area contributed by atoms with Crippen molar-refractivity contribution in [2.24, 2.45) is 0 Å². The summed E-state index contributed by atoms with van der Waals surface area (Å²) in [5.74, 6) is 0.999. The van der Waals surface area contributed by atoms with Crippen molar-refractivity contribution in [3.63, 3.8) is 0 Å². The van der Waals surface area contributed by atoms with Crippen molar-refractivity contribution in [1.82, 2.24) is 71.2 Å². The molecule has 25 nitrogen and oxygen atoms in total. The number of hydrogen-bond acceptors (Lipinski definition) is 19. The Labute approximate surface area is 709 Å². The van der Waals surface area contributed by atoms with Crippen molar-refractivity contribution in [1.29, 1.82) is 5.26 Å². The van der Waals surface area contributed by atoms with Gasteiger partial charge >= 0.3 is 36.7 Å². The molecule has 0 aliphatic carbocycles. The van der Waals surface area contributed by atoms with Gasteiger partial charge in [-0.05, 0) is 132 Å². The number of halogens is 3. The van der Waals surface area contributed by atoms with Gasteiger partial charge in [0, 0.05) is 164 Å². The van der Waals surface area contributed by atoms with E-state index in [0.717, 1.165) is 117 Å². The van der Waals surface area contributed by atoms with Crippen LogP contribution in [0.2, 0.25) is 0 Å². The van der Waals surface area contributed by atoms with Crippen molar-refractivity contribution in [3.05, 3.63) is 244 Å². The van der Waals surface area contributed by atoms with Crippen LogP contribution in [0.25, 0.3) is 27.8 Å². The number of benzene rings is 3. The maximum atomic E-state index is 10.1. The number of aryl methyl sites for hydroxylation is 5. The van der Waals surface area contributed by atoms with E-state index in [2.05, 4.69) is 139 Å².